The summed E-state index contributed by atoms with van der Waals surface area (Å²) < 4.78 is 96.0. The molecular weight excluding hydrogens is 1730 g/mol. The second kappa shape index (κ2) is 68.5. The fraction of sp³-hybridized carbons (Fsp3) is 0.452. The van der Waals surface area contributed by atoms with Gasteiger partial charge >= 0.3 is 85.3 Å². The van der Waals surface area contributed by atoms with Gasteiger partial charge in [-0.2, -0.15) is 26.3 Å². The number of carboxylic acid groups (broad SMARTS) is 4. The Morgan fingerprint density at radius 2 is 0.858 bits per heavy atom. The Kier molecular flexibility index (Phi) is 67.9. The average Bonchev–Trinajstić information content (AvgIpc) is 1.61. The number of alkyl halides is 8. The second-order valence-corrected chi connectivity index (χ2v) is 28.5. The van der Waals surface area contributed by atoms with Gasteiger partial charge in [0, 0.05) is 95.8 Å². The van der Waals surface area contributed by atoms with Gasteiger partial charge in [0.05, 0.1) is 36.2 Å². The van der Waals surface area contributed by atoms with Gasteiger partial charge < -0.3 is 116 Å². The van der Waals surface area contributed by atoms with Crippen molar-refractivity contribution < 1.29 is 183 Å². The van der Waals surface area contributed by atoms with Gasteiger partial charge in [-0.25, -0.2) is 43.2 Å². The van der Waals surface area contributed by atoms with Crippen LogP contribution in [-0.4, -0.2) is 216 Å². The maximum absolute atomic E-state index is 12.9. The molecule has 0 unspecified atom stereocenters. The molecule has 43 heteroatoms. The van der Waals surface area contributed by atoms with Crippen molar-refractivity contribution in [1.82, 2.24) is 30.4 Å². The van der Waals surface area contributed by atoms with Crippen LogP contribution in [0.1, 0.15) is 169 Å². The normalized spacial score (nSPS) is 12.0. The van der Waals surface area contributed by atoms with Crippen LogP contribution in [0.25, 0.3) is 21.8 Å². The number of quaternary nitrogens is 1. The van der Waals surface area contributed by atoms with E-state index in [0.717, 1.165) is 76.1 Å². The van der Waals surface area contributed by atoms with Crippen molar-refractivity contribution in [1.29, 1.82) is 0 Å². The predicted octanol–water partition coefficient (Wildman–Crippen LogP) is 6.01. The van der Waals surface area contributed by atoms with E-state index >= 15 is 0 Å². The fourth-order valence-electron chi connectivity index (χ4n) is 9.91. The van der Waals surface area contributed by atoms with Crippen molar-refractivity contribution in [3.05, 3.63) is 131 Å². The molecule has 127 heavy (non-hydrogen) atoms. The molecule has 4 amide bonds. The molecule has 34 nitrogen and oxygen atoms in total. The molecular formula is C84H110Cl2F6LiN7O27. The zero-order valence-electron chi connectivity index (χ0n) is 72.3. The van der Waals surface area contributed by atoms with Crippen molar-refractivity contribution in [2.75, 3.05) is 64.5 Å². The molecule has 0 saturated heterocycles. The first kappa shape index (κ1) is 126. The number of halogens is 8. The summed E-state index contributed by atoms with van der Waals surface area (Å²) in [6.07, 6.45) is 31.4. The second-order valence-electron chi connectivity index (χ2n) is 27.7. The molecule has 2 heterocycles. The minimum atomic E-state index is -5.19. The maximum atomic E-state index is 12.9. The van der Waals surface area contributed by atoms with Crippen LogP contribution in [0, 0.1) is 63.4 Å². The summed E-state index contributed by atoms with van der Waals surface area (Å²) in [5.41, 5.74) is 8.13. The van der Waals surface area contributed by atoms with Crippen LogP contribution < -0.4 is 51.0 Å². The van der Waals surface area contributed by atoms with Crippen LogP contribution in [0.4, 0.5) is 40.7 Å². The molecule has 700 valence electrons. The predicted molar refractivity (Wildman–Crippen MR) is 449 cm³/mol. The molecule has 2 aromatic heterocycles. The maximum Gasteiger partial charge on any atom is 1.00 e. The van der Waals surface area contributed by atoms with Gasteiger partial charge in [-0.15, -0.1) is 42.5 Å². The number of esters is 3. The number of fused-ring (bicyclic) bond motifs is 2. The average molecular weight is 1840 g/mol. The molecule has 15 N–H and O–H groups in total. The Labute approximate surface area is 753 Å². The number of benzene rings is 2. The first-order valence-electron chi connectivity index (χ1n) is 37.2. The molecule has 0 atom stereocenters. The first-order chi connectivity index (χ1) is 58.2. The number of aliphatic hydroxyl groups is 4. The number of nitrogens with one attached hydrogen (secondary N) is 4. The molecule has 6 rings (SSSR count). The van der Waals surface area contributed by atoms with Crippen molar-refractivity contribution >= 4 is 117 Å². The number of aliphatic carboxylic acids is 3. The standard InChI is InChI=1S/C22H24N2O4.C16H19NO3.C12H17NO4.C10H17NO4.C9H15NO4.C7H9NO2.C3H4O.2C2HF3O2.CH2Cl2.Li.H2O/c1-3-28-20(26)9-6-12-23-22(27)21-15(2)24(17-7-4-5-8-17)19-11-10-16(14-25)13-18(19)21;1-10-15(16(19)20)13-8-11(9-18)6-7-14(13)17(10)12-4-2-3-5-12;1-5-9-16-10(14)7-6-8-13-11(15)17-12(2,3)4;1-10(2,3)15-9(14)11-6-4-5-8(13)7-12;1-9(2,3)14-8(13)10-6-4-5-7(11)12;1-2-6-10-7(9)4-3-5-8;1-2-3-4;2*3-2(4,5)1(6)7;2-1-3;;/h1,6,9-11,13,17,25H,4-5,7-8,12,14H2,2H3,(H,23,27);6-8,12,18H,2-5,9H2,1H3,(H,19,20);1,6-7H,8-9H2,2-4H3,(H,13,15);4-5,12H,6-7H2,1-3H3,(H,11,14);4-5H,6H2,1-3H3,(H,10,13)(H,11,12);1,3-4H,5-6,8H2;1,4H,3H2;2*(H,6,7);1H2;;1H2/q;;;;;;;;;;+1;/p-1/b9-6+;;7-6+;2*5-4+;4-3+;;;;;;. The van der Waals surface area contributed by atoms with Gasteiger partial charge in [0.15, 0.2) is 19.0 Å². The number of terminal acetylenes is 4. The summed E-state index contributed by atoms with van der Waals surface area (Å²) in [6, 6.07) is 12.2. The van der Waals surface area contributed by atoms with Crippen molar-refractivity contribution in [2.45, 2.75) is 182 Å². The molecule has 4 aromatic rings. The number of amides is 4. The number of rotatable bonds is 23. The minimum Gasteiger partial charge on any atom is -0.870 e. The van der Waals surface area contributed by atoms with Crippen LogP contribution in [0.2, 0.25) is 0 Å². The number of carbonyl (C=O) groups excluding carboxylic acids is 9. The Balaban J connectivity index is -0.000000336. The van der Waals surface area contributed by atoms with Gasteiger partial charge in [0.25, 0.3) is 5.91 Å². The molecule has 2 aliphatic rings. The van der Waals surface area contributed by atoms with E-state index in [1.54, 1.807) is 80.6 Å². The van der Waals surface area contributed by atoms with E-state index in [0.29, 0.717) is 29.8 Å². The molecule has 2 saturated carbocycles. The summed E-state index contributed by atoms with van der Waals surface area (Å²) >= 11 is 9.53. The van der Waals surface area contributed by atoms with E-state index in [-0.39, 0.29) is 94.8 Å². The number of ether oxygens (including phenoxy) is 6. The Morgan fingerprint density at radius 3 is 1.15 bits per heavy atom. The molecule has 0 radical (unpaired) electrons. The molecule has 2 aliphatic carbocycles. The van der Waals surface area contributed by atoms with E-state index in [4.69, 9.17) is 91.8 Å². The molecule has 2 aromatic carbocycles. The number of aromatic carboxylic acids is 1. The largest absolute Gasteiger partial charge is 1.00 e. The van der Waals surface area contributed by atoms with Gasteiger partial charge in [-0.05, 0) is 149 Å². The minimum absolute atomic E-state index is 0. The number of carbonyl (C=O) groups is 12. The summed E-state index contributed by atoms with van der Waals surface area (Å²) in [4.78, 5) is 129. The summed E-state index contributed by atoms with van der Waals surface area (Å²) in [5.74, 6) is -3.60. The SMILES string of the molecule is C#CCO.C#CCOC(=O)/C=C/CNC(=O)OC(C)(C)C.C#CCOC(=O)/C=C/C[NH3+].C#COC(=O)/C=C/CNC(=O)c1c(C)n(C2CCCC2)c2ccc(CO)cc12.CC(C)(C)OC(=O)NC/C=C/C(=O)CO.CC(C)(C)OC(=O)NC/C=C/C(=O)O.Cc1c(C(=O)O)c2cc(CO)ccc2n1C1CCCC1.ClCCl.O=C(O)C(F)(F)F.O=C([O-])C(F)(F)F.[Li+].[OH-]. The van der Waals surface area contributed by atoms with Crippen molar-refractivity contribution in [2.24, 2.45) is 0 Å². The Hall–Kier alpha value is -11.8. The van der Waals surface area contributed by atoms with E-state index in [1.807, 2.05) is 50.1 Å². The van der Waals surface area contributed by atoms with Gasteiger partial charge in [-0.1, -0.05) is 86.3 Å². The quantitative estimate of drug-likeness (QED) is 0.00769. The number of carboxylic acids is 4. The third-order valence-corrected chi connectivity index (χ3v) is 14.5. The summed E-state index contributed by atoms with van der Waals surface area (Å²) in [7, 11) is 0. The summed E-state index contributed by atoms with van der Waals surface area (Å²) in [5, 5.41) is 80.3. The number of nitrogens with zero attached hydrogens (tertiary/aromatic N) is 2. The van der Waals surface area contributed by atoms with Crippen molar-refractivity contribution in [3.63, 3.8) is 0 Å². The molecule has 0 bridgehead atoms. The smallest absolute Gasteiger partial charge is 0.870 e. The van der Waals surface area contributed by atoms with Crippen LogP contribution >= 0.6 is 23.2 Å². The number of ketones is 1. The monoisotopic (exact) mass is 1840 g/mol. The molecule has 0 aliphatic heterocycles. The number of hydrogen-bond acceptors (Lipinski definition) is 24. The van der Waals surface area contributed by atoms with Gasteiger partial charge in [-0.3, -0.25) is 9.59 Å². The Bertz CT molecular complexity index is 4420. The van der Waals surface area contributed by atoms with Crippen LogP contribution in [-0.2, 0) is 75.2 Å². The Morgan fingerprint density at radius 1 is 0.535 bits per heavy atom. The van der Waals surface area contributed by atoms with Crippen LogP contribution in [0.15, 0.2) is 97.2 Å². The van der Waals surface area contributed by atoms with E-state index < -0.39 is 102 Å². The van der Waals surface area contributed by atoms with E-state index in [1.165, 1.54) is 74.3 Å². The van der Waals surface area contributed by atoms with Crippen LogP contribution in [0.5, 0.6) is 0 Å². The number of aromatic nitrogens is 2. The zero-order chi connectivity index (χ0) is 96.9. The summed E-state index contributed by atoms with van der Waals surface area (Å²) in [6.45, 7) is 20.1. The first-order valence-corrected chi connectivity index (χ1v) is 38.3. The van der Waals surface area contributed by atoms with E-state index in [9.17, 15) is 89.6 Å². The number of hydrogen-bond donors (Lipinski definition) is 12. The number of aliphatic hydroxyl groups excluding tert-OH is 4. The van der Waals surface area contributed by atoms with Crippen LogP contribution in [0.3, 0.4) is 0 Å². The van der Waals surface area contributed by atoms with Crippen molar-refractivity contribution in [3.8, 4) is 49.6 Å². The van der Waals surface area contributed by atoms with Gasteiger partial charge in [0.2, 0.25) is 0 Å². The number of alkyl carbamates (subject to hydrolysis) is 3. The molecule has 2 fully saturated rings. The zero-order valence-corrected chi connectivity index (χ0v) is 73.8. The molecule has 0 spiro atoms. The topological polar surface area (TPSA) is 541 Å². The van der Waals surface area contributed by atoms with E-state index in [2.05, 4.69) is 68.6 Å². The fourth-order valence-corrected chi connectivity index (χ4v) is 9.91. The third-order valence-electron chi connectivity index (χ3n) is 14.5. The van der Waals surface area contributed by atoms with Gasteiger partial charge in [0.1, 0.15) is 42.1 Å². The third kappa shape index (κ3) is 61.3.